The second kappa shape index (κ2) is 6.71. The summed E-state index contributed by atoms with van der Waals surface area (Å²) in [6.45, 7) is 0.475. The minimum absolute atomic E-state index is 0.134. The molecule has 6 heteroatoms. The Kier molecular flexibility index (Phi) is 4.73. The number of hydrogen-bond acceptors (Lipinski definition) is 6. The Morgan fingerprint density at radius 1 is 1.24 bits per heavy atom. The molecule has 2 rings (SSSR count). The quantitative estimate of drug-likeness (QED) is 0.850. The highest BCUT2D eigenvalue weighted by atomic mass is 16.5. The number of carbonyl (C=O) groups is 1. The summed E-state index contributed by atoms with van der Waals surface area (Å²) >= 11 is 0. The third-order valence-electron chi connectivity index (χ3n) is 2.71. The van der Waals surface area contributed by atoms with Gasteiger partial charge in [-0.25, -0.2) is 9.78 Å². The molecule has 0 spiro atoms. The largest absolute Gasteiger partial charge is 0.464 e. The number of nitrogens with two attached hydrogens (primary N) is 1. The molecule has 2 N–H and O–H groups in total. The van der Waals surface area contributed by atoms with Crippen molar-refractivity contribution in [3.63, 3.8) is 0 Å². The maximum absolute atomic E-state index is 11.5. The van der Waals surface area contributed by atoms with E-state index in [4.69, 9.17) is 15.2 Å². The summed E-state index contributed by atoms with van der Waals surface area (Å²) in [5.74, 6) is 0.172. The van der Waals surface area contributed by atoms with E-state index in [0.717, 1.165) is 5.56 Å². The van der Waals surface area contributed by atoms with Crippen LogP contribution >= 0.6 is 0 Å². The van der Waals surface area contributed by atoms with E-state index in [1.54, 1.807) is 19.2 Å². The van der Waals surface area contributed by atoms with Gasteiger partial charge in [0.2, 0.25) is 5.88 Å². The topological polar surface area (TPSA) is 83.7 Å². The summed E-state index contributed by atoms with van der Waals surface area (Å²) in [5, 5.41) is 0. The van der Waals surface area contributed by atoms with Crippen LogP contribution in [0.1, 0.15) is 16.1 Å². The van der Waals surface area contributed by atoms with Gasteiger partial charge in [0.1, 0.15) is 5.75 Å². The number of nitrogen functional groups attached to an aromatic ring is 1. The van der Waals surface area contributed by atoms with Crippen LogP contribution in [-0.4, -0.2) is 25.2 Å². The molecule has 110 valence electrons. The first kappa shape index (κ1) is 14.8. The SMILES string of the molecule is COCc1cccc(Oc2nc(C(=O)OC)ccc2N)c1. The van der Waals surface area contributed by atoms with E-state index in [1.165, 1.54) is 13.2 Å². The number of nitrogens with zero attached hydrogens (tertiary/aromatic N) is 1. The highest BCUT2D eigenvalue weighted by Crippen LogP contribution is 2.26. The molecule has 0 saturated carbocycles. The van der Waals surface area contributed by atoms with Crippen molar-refractivity contribution in [2.75, 3.05) is 20.0 Å². The number of hydrogen-bond donors (Lipinski definition) is 1. The molecule has 0 amide bonds. The Bertz CT molecular complexity index is 643. The van der Waals surface area contributed by atoms with Crippen molar-refractivity contribution in [1.82, 2.24) is 4.98 Å². The Balaban J connectivity index is 2.26. The summed E-state index contributed by atoms with van der Waals surface area (Å²) in [7, 11) is 2.90. The van der Waals surface area contributed by atoms with Crippen LogP contribution in [0.5, 0.6) is 11.6 Å². The lowest BCUT2D eigenvalue weighted by Gasteiger charge is -2.09. The van der Waals surface area contributed by atoms with E-state index in [1.807, 2.05) is 18.2 Å². The second-order valence-corrected chi connectivity index (χ2v) is 4.26. The Hall–Kier alpha value is -2.60. The summed E-state index contributed by atoms with van der Waals surface area (Å²) in [6.07, 6.45) is 0. The monoisotopic (exact) mass is 288 g/mol. The van der Waals surface area contributed by atoms with Gasteiger partial charge in [0, 0.05) is 7.11 Å². The summed E-state index contributed by atoms with van der Waals surface area (Å²) in [6, 6.07) is 10.4. The Labute approximate surface area is 122 Å². The molecular weight excluding hydrogens is 272 g/mol. The maximum atomic E-state index is 11.5. The van der Waals surface area contributed by atoms with Gasteiger partial charge in [-0.1, -0.05) is 12.1 Å². The molecule has 1 aromatic carbocycles. The molecule has 0 aliphatic rings. The zero-order chi connectivity index (χ0) is 15.2. The number of aromatic nitrogens is 1. The molecule has 0 fully saturated rings. The van der Waals surface area contributed by atoms with Crippen LogP contribution in [0.2, 0.25) is 0 Å². The van der Waals surface area contributed by atoms with Crippen molar-refractivity contribution in [2.45, 2.75) is 6.61 Å². The first-order chi connectivity index (χ1) is 10.1. The van der Waals surface area contributed by atoms with Crippen LogP contribution in [0, 0.1) is 0 Å². The van der Waals surface area contributed by atoms with E-state index >= 15 is 0 Å². The predicted octanol–water partition coefficient (Wildman–Crippen LogP) is 2.39. The molecule has 1 heterocycles. The van der Waals surface area contributed by atoms with Crippen LogP contribution in [-0.2, 0) is 16.1 Å². The predicted molar refractivity (Wildman–Crippen MR) is 77.2 cm³/mol. The van der Waals surface area contributed by atoms with E-state index in [9.17, 15) is 4.79 Å². The number of benzene rings is 1. The van der Waals surface area contributed by atoms with Crippen LogP contribution in [0.25, 0.3) is 0 Å². The van der Waals surface area contributed by atoms with Gasteiger partial charge in [-0.2, -0.15) is 0 Å². The Morgan fingerprint density at radius 3 is 2.76 bits per heavy atom. The highest BCUT2D eigenvalue weighted by molar-refractivity contribution is 5.87. The fourth-order valence-corrected chi connectivity index (χ4v) is 1.73. The van der Waals surface area contributed by atoms with Gasteiger partial charge in [0.25, 0.3) is 0 Å². The average Bonchev–Trinajstić information content (AvgIpc) is 2.49. The summed E-state index contributed by atoms with van der Waals surface area (Å²) in [5.41, 5.74) is 7.23. The highest BCUT2D eigenvalue weighted by Gasteiger charge is 2.12. The third kappa shape index (κ3) is 3.70. The number of rotatable bonds is 5. The van der Waals surface area contributed by atoms with Crippen molar-refractivity contribution >= 4 is 11.7 Å². The number of carbonyl (C=O) groups excluding carboxylic acids is 1. The third-order valence-corrected chi connectivity index (χ3v) is 2.71. The van der Waals surface area contributed by atoms with Gasteiger partial charge in [-0.05, 0) is 29.8 Å². The standard InChI is InChI=1S/C15H16N2O4/c1-19-9-10-4-3-5-11(8-10)21-14-12(16)6-7-13(17-14)15(18)20-2/h3-8H,9,16H2,1-2H3. The first-order valence-electron chi connectivity index (χ1n) is 6.24. The normalized spacial score (nSPS) is 10.2. The minimum Gasteiger partial charge on any atom is -0.464 e. The molecule has 2 aromatic rings. The van der Waals surface area contributed by atoms with Crippen molar-refractivity contribution in [3.8, 4) is 11.6 Å². The van der Waals surface area contributed by atoms with Crippen molar-refractivity contribution < 1.29 is 19.0 Å². The lowest BCUT2D eigenvalue weighted by Crippen LogP contribution is -2.06. The molecule has 0 unspecified atom stereocenters. The first-order valence-corrected chi connectivity index (χ1v) is 6.24. The molecule has 1 aromatic heterocycles. The van der Waals surface area contributed by atoms with Gasteiger partial charge >= 0.3 is 5.97 Å². The lowest BCUT2D eigenvalue weighted by molar-refractivity contribution is 0.0593. The van der Waals surface area contributed by atoms with Crippen LogP contribution < -0.4 is 10.5 Å². The van der Waals surface area contributed by atoms with E-state index in [2.05, 4.69) is 9.72 Å². The maximum Gasteiger partial charge on any atom is 0.356 e. The van der Waals surface area contributed by atoms with Gasteiger partial charge in [-0.3, -0.25) is 0 Å². The average molecular weight is 288 g/mol. The molecule has 0 radical (unpaired) electrons. The number of anilines is 1. The van der Waals surface area contributed by atoms with E-state index < -0.39 is 5.97 Å². The van der Waals surface area contributed by atoms with Crippen molar-refractivity contribution in [1.29, 1.82) is 0 Å². The lowest BCUT2D eigenvalue weighted by atomic mass is 10.2. The van der Waals surface area contributed by atoms with Crippen molar-refractivity contribution in [3.05, 3.63) is 47.7 Å². The summed E-state index contributed by atoms with van der Waals surface area (Å²) in [4.78, 5) is 15.5. The minimum atomic E-state index is -0.548. The van der Waals surface area contributed by atoms with Gasteiger partial charge in [0.15, 0.2) is 5.69 Å². The Morgan fingerprint density at radius 2 is 2.05 bits per heavy atom. The molecule has 0 aliphatic carbocycles. The fraction of sp³-hybridized carbons (Fsp3) is 0.200. The number of methoxy groups -OCH3 is 2. The van der Waals surface area contributed by atoms with Gasteiger partial charge < -0.3 is 19.9 Å². The molecule has 0 aliphatic heterocycles. The van der Waals surface area contributed by atoms with Crippen LogP contribution in [0.3, 0.4) is 0 Å². The smallest absolute Gasteiger partial charge is 0.356 e. The fourth-order valence-electron chi connectivity index (χ4n) is 1.73. The molecule has 0 saturated heterocycles. The second-order valence-electron chi connectivity index (χ2n) is 4.26. The van der Waals surface area contributed by atoms with Crippen LogP contribution in [0.15, 0.2) is 36.4 Å². The number of esters is 1. The van der Waals surface area contributed by atoms with Gasteiger partial charge in [0.05, 0.1) is 19.4 Å². The van der Waals surface area contributed by atoms with Crippen LogP contribution in [0.4, 0.5) is 5.69 Å². The molecule has 6 nitrogen and oxygen atoms in total. The van der Waals surface area contributed by atoms with E-state index in [-0.39, 0.29) is 11.6 Å². The molecular formula is C15H16N2O4. The number of pyridine rings is 1. The van der Waals surface area contributed by atoms with Crippen molar-refractivity contribution in [2.24, 2.45) is 0 Å². The zero-order valence-corrected chi connectivity index (χ0v) is 11.8. The molecule has 0 atom stereocenters. The van der Waals surface area contributed by atoms with Gasteiger partial charge in [-0.15, -0.1) is 0 Å². The molecule has 0 bridgehead atoms. The zero-order valence-electron chi connectivity index (χ0n) is 11.8. The van der Waals surface area contributed by atoms with E-state index in [0.29, 0.717) is 18.0 Å². The number of ether oxygens (including phenoxy) is 3. The summed E-state index contributed by atoms with van der Waals surface area (Å²) < 4.78 is 15.3. The molecule has 21 heavy (non-hydrogen) atoms.